The Morgan fingerprint density at radius 1 is 0.917 bits per heavy atom. The molecule has 0 aliphatic heterocycles. The Balaban J connectivity index is 2.36. The molecule has 0 atom stereocenters. The number of Topliss-reactive ketones (excluding diaryl/α,β-unsaturated/α-hetero) is 1. The summed E-state index contributed by atoms with van der Waals surface area (Å²) in [5.41, 5.74) is 2.15. The van der Waals surface area contributed by atoms with Crippen molar-refractivity contribution in [1.82, 2.24) is 0 Å². The number of ketones is 1. The van der Waals surface area contributed by atoms with Crippen LogP contribution in [0.25, 0.3) is 10.8 Å². The molecule has 3 heteroatoms. The lowest BCUT2D eigenvalue weighted by Gasteiger charge is -2.12. The van der Waals surface area contributed by atoms with Crippen molar-refractivity contribution in [2.45, 2.75) is 65.2 Å². The van der Waals surface area contributed by atoms with Crippen LogP contribution in [-0.2, 0) is 17.6 Å². The first-order chi connectivity index (χ1) is 11.5. The van der Waals surface area contributed by atoms with Crippen molar-refractivity contribution >= 4 is 16.6 Å². The summed E-state index contributed by atoms with van der Waals surface area (Å²) in [6.45, 7) is 4.26. The van der Waals surface area contributed by atoms with E-state index in [1.807, 2.05) is 0 Å². The largest absolute Gasteiger partial charge is 0.504 e. The topological polar surface area (TPSA) is 57.5 Å². The zero-order valence-corrected chi connectivity index (χ0v) is 14.8. The third-order valence-electron chi connectivity index (χ3n) is 4.46. The summed E-state index contributed by atoms with van der Waals surface area (Å²) in [5.74, 6) is -0.0172. The number of aromatic hydroxyl groups is 2. The molecule has 0 heterocycles. The van der Waals surface area contributed by atoms with Crippen molar-refractivity contribution in [2.75, 3.05) is 0 Å². The first-order valence-corrected chi connectivity index (χ1v) is 9.04. The summed E-state index contributed by atoms with van der Waals surface area (Å²) in [6, 6.07) is 7.32. The van der Waals surface area contributed by atoms with Gasteiger partial charge in [-0.15, -0.1) is 0 Å². The van der Waals surface area contributed by atoms with Crippen molar-refractivity contribution in [3.05, 3.63) is 35.4 Å². The molecule has 2 aromatic rings. The Morgan fingerprint density at radius 2 is 1.62 bits per heavy atom. The normalized spacial score (nSPS) is 11.1. The van der Waals surface area contributed by atoms with Crippen LogP contribution in [0.1, 0.15) is 63.5 Å². The third kappa shape index (κ3) is 4.73. The van der Waals surface area contributed by atoms with Gasteiger partial charge in [0.05, 0.1) is 0 Å². The lowest BCUT2D eigenvalue weighted by Crippen LogP contribution is -2.04. The van der Waals surface area contributed by atoms with Crippen LogP contribution in [0.2, 0.25) is 0 Å². The summed E-state index contributed by atoms with van der Waals surface area (Å²) >= 11 is 0. The second-order valence-electron chi connectivity index (χ2n) is 6.59. The first-order valence-electron chi connectivity index (χ1n) is 9.04. The smallest absolute Gasteiger partial charge is 0.158 e. The van der Waals surface area contributed by atoms with Gasteiger partial charge in [0.2, 0.25) is 0 Å². The van der Waals surface area contributed by atoms with Gasteiger partial charge in [0.15, 0.2) is 11.5 Å². The minimum atomic E-state index is -0.136. The van der Waals surface area contributed by atoms with E-state index in [1.54, 1.807) is 12.1 Å². The van der Waals surface area contributed by atoms with Gasteiger partial charge in [-0.1, -0.05) is 45.2 Å². The van der Waals surface area contributed by atoms with E-state index in [0.29, 0.717) is 12.8 Å². The van der Waals surface area contributed by atoms with E-state index < -0.39 is 0 Å². The number of hydrogen-bond donors (Lipinski definition) is 2. The van der Waals surface area contributed by atoms with Crippen LogP contribution in [0.3, 0.4) is 0 Å². The molecule has 0 amide bonds. The average Bonchev–Trinajstić information content (AvgIpc) is 2.55. The van der Waals surface area contributed by atoms with Crippen LogP contribution >= 0.6 is 0 Å². The summed E-state index contributed by atoms with van der Waals surface area (Å²) in [7, 11) is 0. The predicted molar refractivity (Wildman–Crippen MR) is 98.7 cm³/mol. The third-order valence-corrected chi connectivity index (χ3v) is 4.46. The van der Waals surface area contributed by atoms with Gasteiger partial charge in [0.25, 0.3) is 0 Å². The number of hydrogen-bond acceptors (Lipinski definition) is 3. The van der Waals surface area contributed by atoms with Gasteiger partial charge in [-0.3, -0.25) is 4.79 Å². The highest BCUT2D eigenvalue weighted by Gasteiger charge is 2.12. The van der Waals surface area contributed by atoms with Crippen LogP contribution in [-0.4, -0.2) is 16.0 Å². The molecule has 0 unspecified atom stereocenters. The molecule has 0 bridgehead atoms. The molecule has 0 aliphatic rings. The van der Waals surface area contributed by atoms with Crippen molar-refractivity contribution < 1.29 is 15.0 Å². The van der Waals surface area contributed by atoms with Crippen molar-refractivity contribution in [3.63, 3.8) is 0 Å². The van der Waals surface area contributed by atoms with Gasteiger partial charge >= 0.3 is 0 Å². The summed E-state index contributed by atoms with van der Waals surface area (Å²) in [6.07, 6.45) is 7.37. The zero-order chi connectivity index (χ0) is 17.5. The molecule has 3 nitrogen and oxygen atoms in total. The highest BCUT2D eigenvalue weighted by atomic mass is 16.3. The van der Waals surface area contributed by atoms with Gasteiger partial charge in [-0.25, -0.2) is 0 Å². The van der Waals surface area contributed by atoms with E-state index in [4.69, 9.17) is 0 Å². The van der Waals surface area contributed by atoms with Crippen LogP contribution in [0, 0.1) is 0 Å². The number of carbonyl (C=O) groups is 1. The second kappa shape index (κ2) is 8.72. The van der Waals surface area contributed by atoms with Crippen LogP contribution < -0.4 is 0 Å². The van der Waals surface area contributed by atoms with Crippen LogP contribution in [0.4, 0.5) is 0 Å². The molecular weight excluding hydrogens is 300 g/mol. The molecule has 0 spiro atoms. The fourth-order valence-electron chi connectivity index (χ4n) is 3.08. The average molecular weight is 328 g/mol. The molecule has 0 saturated carbocycles. The van der Waals surface area contributed by atoms with E-state index in [1.165, 1.54) is 18.4 Å². The van der Waals surface area contributed by atoms with Crippen LogP contribution in [0.15, 0.2) is 24.3 Å². The second-order valence-corrected chi connectivity index (χ2v) is 6.59. The number of carbonyl (C=O) groups excluding carboxylic acids is 1. The van der Waals surface area contributed by atoms with Gasteiger partial charge in [0, 0.05) is 12.8 Å². The van der Waals surface area contributed by atoms with Crippen LogP contribution in [0.5, 0.6) is 11.5 Å². The fourth-order valence-corrected chi connectivity index (χ4v) is 3.08. The zero-order valence-electron chi connectivity index (χ0n) is 14.8. The Labute approximate surface area is 144 Å². The number of rotatable bonds is 9. The maximum atomic E-state index is 12.2. The maximum absolute atomic E-state index is 12.2. The van der Waals surface area contributed by atoms with E-state index in [-0.39, 0.29) is 17.3 Å². The van der Waals surface area contributed by atoms with Crippen molar-refractivity contribution in [3.8, 4) is 11.5 Å². The Morgan fingerprint density at radius 3 is 2.33 bits per heavy atom. The van der Waals surface area contributed by atoms with Gasteiger partial charge in [-0.05, 0) is 53.3 Å². The summed E-state index contributed by atoms with van der Waals surface area (Å²) in [4.78, 5) is 12.2. The quantitative estimate of drug-likeness (QED) is 0.486. The van der Waals surface area contributed by atoms with Crippen molar-refractivity contribution in [2.24, 2.45) is 0 Å². The first kappa shape index (κ1) is 18.3. The monoisotopic (exact) mass is 328 g/mol. The minimum Gasteiger partial charge on any atom is -0.504 e. The van der Waals surface area contributed by atoms with E-state index in [9.17, 15) is 15.0 Å². The fraction of sp³-hybridized carbons (Fsp3) is 0.476. The lowest BCUT2D eigenvalue weighted by atomic mass is 9.94. The highest BCUT2D eigenvalue weighted by Crippen LogP contribution is 2.33. The van der Waals surface area contributed by atoms with Gasteiger partial charge < -0.3 is 10.2 Å². The number of phenolic OH excluding ortho intramolecular Hbond substituents is 2. The summed E-state index contributed by atoms with van der Waals surface area (Å²) < 4.78 is 0. The molecule has 24 heavy (non-hydrogen) atoms. The molecule has 130 valence electrons. The van der Waals surface area contributed by atoms with Crippen molar-refractivity contribution in [1.29, 1.82) is 0 Å². The SMILES string of the molecule is CCCCCc1cc(CC(=O)CCCC)c2cc(O)c(O)cc2c1. The number of phenols is 2. The minimum absolute atomic E-state index is 0.114. The van der Waals surface area contributed by atoms with Gasteiger partial charge in [-0.2, -0.15) is 0 Å². The number of fused-ring (bicyclic) bond motifs is 1. The highest BCUT2D eigenvalue weighted by molar-refractivity contribution is 5.93. The van der Waals surface area contributed by atoms with Gasteiger partial charge in [0.1, 0.15) is 5.78 Å². The maximum Gasteiger partial charge on any atom is 0.158 e. The molecule has 0 fully saturated rings. The lowest BCUT2D eigenvalue weighted by molar-refractivity contribution is -0.118. The molecule has 0 aromatic heterocycles. The molecule has 2 N–H and O–H groups in total. The standard InChI is InChI=1S/C21H28O3/c1-3-5-7-8-15-10-16(12-18(22)9-6-4-2)19-14-21(24)20(23)13-17(19)11-15/h10-11,13-14,23-24H,3-9,12H2,1-2H3. The predicted octanol–water partition coefficient (Wildman–Crippen LogP) is 5.29. The molecule has 0 saturated heterocycles. The molecule has 2 rings (SSSR count). The molecule has 2 aromatic carbocycles. The molecular formula is C21H28O3. The number of unbranched alkanes of at least 4 members (excludes halogenated alkanes) is 3. The molecule has 0 aliphatic carbocycles. The van der Waals surface area contributed by atoms with E-state index >= 15 is 0 Å². The van der Waals surface area contributed by atoms with E-state index in [2.05, 4.69) is 26.0 Å². The Kier molecular flexibility index (Phi) is 6.65. The van der Waals surface area contributed by atoms with E-state index in [0.717, 1.165) is 42.0 Å². The Bertz CT molecular complexity index is 704. The Hall–Kier alpha value is -2.03. The number of aryl methyl sites for hydroxylation is 1. The number of benzene rings is 2. The molecule has 0 radical (unpaired) electrons. The summed E-state index contributed by atoms with van der Waals surface area (Å²) in [5, 5.41) is 21.4.